The molecule has 1 spiro atoms. The molecule has 0 fully saturated rings. The second kappa shape index (κ2) is 8.92. The van der Waals surface area contributed by atoms with E-state index in [2.05, 4.69) is 20.1 Å². The van der Waals surface area contributed by atoms with Gasteiger partial charge >= 0.3 is 0 Å². The highest BCUT2D eigenvalue weighted by Crippen LogP contribution is 2.65. The van der Waals surface area contributed by atoms with Crippen LogP contribution >= 0.6 is 0 Å². The van der Waals surface area contributed by atoms with Crippen LogP contribution in [0, 0.1) is 0 Å². The van der Waals surface area contributed by atoms with E-state index >= 15 is 0 Å². The number of methoxy groups -OCH3 is 4. The molecule has 10 nitrogen and oxygen atoms in total. The number of benzene rings is 4. The first-order valence-corrected chi connectivity index (χ1v) is 12.0. The van der Waals surface area contributed by atoms with Gasteiger partial charge in [-0.15, -0.1) is 0 Å². The third kappa shape index (κ3) is 3.16. The summed E-state index contributed by atoms with van der Waals surface area (Å²) < 4.78 is 22.8. The van der Waals surface area contributed by atoms with Crippen molar-refractivity contribution in [3.63, 3.8) is 0 Å². The van der Waals surface area contributed by atoms with Gasteiger partial charge in [0.05, 0.1) is 33.9 Å². The molecule has 0 saturated carbocycles. The van der Waals surface area contributed by atoms with Gasteiger partial charge in [-0.2, -0.15) is 0 Å². The number of hydrogen-bond acceptors (Lipinski definition) is 6. The molecule has 0 saturated heterocycles. The summed E-state index contributed by atoms with van der Waals surface area (Å²) >= 11 is 0. The van der Waals surface area contributed by atoms with Crippen LogP contribution in [0.15, 0.2) is 70.9 Å². The van der Waals surface area contributed by atoms with Crippen molar-refractivity contribution in [2.75, 3.05) is 28.4 Å². The van der Waals surface area contributed by atoms with E-state index in [0.29, 0.717) is 34.4 Å². The minimum Gasteiger partial charge on any atom is -0.493 e. The lowest BCUT2D eigenvalue weighted by molar-refractivity contribution is 0.354. The second-order valence-corrected chi connectivity index (χ2v) is 9.09. The highest BCUT2D eigenvalue weighted by Gasteiger charge is 2.53. The molecule has 0 N–H and O–H groups in total. The minimum absolute atomic E-state index is 0.476. The van der Waals surface area contributed by atoms with Gasteiger partial charge in [0.2, 0.25) is 0 Å². The van der Waals surface area contributed by atoms with Crippen molar-refractivity contribution in [3.8, 4) is 45.3 Å². The van der Waals surface area contributed by atoms with Crippen molar-refractivity contribution in [1.29, 1.82) is 0 Å². The van der Waals surface area contributed by atoms with Crippen molar-refractivity contribution in [2.24, 2.45) is 10.2 Å². The fraction of sp³-hybridized carbons (Fsp3) is 0.172. The van der Waals surface area contributed by atoms with E-state index in [1.54, 1.807) is 40.6 Å². The summed E-state index contributed by atoms with van der Waals surface area (Å²) in [5.74, 6) is 2.32. The molecule has 0 aromatic heterocycles. The van der Waals surface area contributed by atoms with Gasteiger partial charge in [-0.3, -0.25) is 0 Å². The van der Waals surface area contributed by atoms with E-state index in [1.165, 1.54) is 0 Å². The van der Waals surface area contributed by atoms with Gasteiger partial charge < -0.3 is 18.9 Å². The summed E-state index contributed by atoms with van der Waals surface area (Å²) in [6, 6.07) is 19.2. The van der Waals surface area contributed by atoms with Gasteiger partial charge in [-0.05, 0) is 92.0 Å². The fourth-order valence-electron chi connectivity index (χ4n) is 6.08. The van der Waals surface area contributed by atoms with Crippen LogP contribution in [-0.4, -0.2) is 28.4 Å². The van der Waals surface area contributed by atoms with E-state index in [9.17, 15) is 11.1 Å². The van der Waals surface area contributed by atoms with Crippen LogP contribution in [-0.2, 0) is 5.41 Å². The molecular weight excluding hydrogens is 496 g/mol. The van der Waals surface area contributed by atoms with Gasteiger partial charge in [0.1, 0.15) is 0 Å². The van der Waals surface area contributed by atoms with Gasteiger partial charge in [0.25, 0.3) is 0 Å². The largest absolute Gasteiger partial charge is 0.493 e. The number of hydrogen-bond donors (Lipinski definition) is 0. The molecule has 0 radical (unpaired) electrons. The van der Waals surface area contributed by atoms with Crippen LogP contribution in [0.25, 0.3) is 43.1 Å². The lowest BCUT2D eigenvalue weighted by Crippen LogP contribution is -2.26. The molecule has 0 bridgehead atoms. The Balaban J connectivity index is 1.85. The normalized spacial score (nSPS) is 15.3. The predicted octanol–water partition coefficient (Wildman–Crippen LogP) is 7.95. The third-order valence-electron chi connectivity index (χ3n) is 7.57. The molecule has 4 aromatic carbocycles. The summed E-state index contributed by atoms with van der Waals surface area (Å²) in [6.07, 6.45) is 0. The maximum atomic E-state index is 9.22. The number of rotatable bonds is 6. The molecule has 0 atom stereocenters. The van der Waals surface area contributed by atoms with E-state index in [0.717, 1.165) is 44.5 Å². The molecular formula is C29H22N6O4. The van der Waals surface area contributed by atoms with Gasteiger partial charge in [-0.25, -0.2) is 0 Å². The SMILES string of the molecule is COc1cc2c(cc1OC)C1(c3cc(N=[N+]=[N-])ccc3-2)c2cc(N=[N+]=[N-])ccc2-c2cc(OC)c(OC)cc21. The Bertz CT molecular complexity index is 1660. The van der Waals surface area contributed by atoms with Crippen LogP contribution in [0.5, 0.6) is 23.0 Å². The fourth-order valence-corrected chi connectivity index (χ4v) is 6.08. The average Bonchev–Trinajstić information content (AvgIpc) is 3.41. The molecule has 10 heteroatoms. The zero-order valence-corrected chi connectivity index (χ0v) is 21.6. The monoisotopic (exact) mass is 518 g/mol. The molecule has 2 aliphatic rings. The molecule has 0 amide bonds. The lowest BCUT2D eigenvalue weighted by Gasteiger charge is -2.31. The first kappa shape index (κ1) is 24.1. The van der Waals surface area contributed by atoms with Crippen LogP contribution in [0.2, 0.25) is 0 Å². The lowest BCUT2D eigenvalue weighted by atomic mass is 9.70. The van der Waals surface area contributed by atoms with Crippen molar-refractivity contribution in [2.45, 2.75) is 5.41 Å². The zero-order valence-electron chi connectivity index (χ0n) is 21.6. The van der Waals surface area contributed by atoms with E-state index in [4.69, 9.17) is 18.9 Å². The van der Waals surface area contributed by atoms with Crippen molar-refractivity contribution in [3.05, 3.63) is 104 Å². The number of ether oxygens (including phenoxy) is 4. The van der Waals surface area contributed by atoms with E-state index in [1.807, 2.05) is 48.5 Å². The second-order valence-electron chi connectivity index (χ2n) is 9.09. The molecule has 2 aliphatic carbocycles. The highest BCUT2D eigenvalue weighted by molar-refractivity contribution is 5.97. The molecule has 192 valence electrons. The maximum Gasteiger partial charge on any atom is 0.161 e. The Hall–Kier alpha value is -5.30. The van der Waals surface area contributed by atoms with Crippen molar-refractivity contribution < 1.29 is 18.9 Å². The summed E-state index contributed by atoms with van der Waals surface area (Å²) in [4.78, 5) is 6.04. The first-order chi connectivity index (χ1) is 19.0. The smallest absolute Gasteiger partial charge is 0.161 e. The van der Waals surface area contributed by atoms with E-state index in [-0.39, 0.29) is 0 Å². The Morgan fingerprint density at radius 1 is 0.513 bits per heavy atom. The van der Waals surface area contributed by atoms with Crippen LogP contribution in [0.4, 0.5) is 11.4 Å². The molecule has 6 rings (SSSR count). The number of fused-ring (bicyclic) bond motifs is 10. The third-order valence-corrected chi connectivity index (χ3v) is 7.57. The number of nitrogens with zero attached hydrogens (tertiary/aromatic N) is 6. The molecule has 0 heterocycles. The molecule has 0 aliphatic heterocycles. The Kier molecular flexibility index (Phi) is 5.50. The van der Waals surface area contributed by atoms with Crippen LogP contribution in [0.3, 0.4) is 0 Å². The Morgan fingerprint density at radius 2 is 0.872 bits per heavy atom. The Morgan fingerprint density at radius 3 is 1.23 bits per heavy atom. The van der Waals surface area contributed by atoms with Crippen molar-refractivity contribution in [1.82, 2.24) is 0 Å². The average molecular weight is 519 g/mol. The van der Waals surface area contributed by atoms with E-state index < -0.39 is 5.41 Å². The maximum absolute atomic E-state index is 9.22. The molecule has 39 heavy (non-hydrogen) atoms. The number of azide groups is 2. The summed E-state index contributed by atoms with van der Waals surface area (Å²) in [6.45, 7) is 0. The first-order valence-electron chi connectivity index (χ1n) is 12.0. The van der Waals surface area contributed by atoms with Gasteiger partial charge in [0, 0.05) is 21.2 Å². The topological polar surface area (TPSA) is 134 Å². The zero-order chi connectivity index (χ0) is 27.3. The van der Waals surface area contributed by atoms with Crippen molar-refractivity contribution >= 4 is 11.4 Å². The summed E-state index contributed by atoms with van der Waals surface area (Å²) in [5.41, 5.74) is 26.0. The van der Waals surface area contributed by atoms with Gasteiger partial charge in [0.15, 0.2) is 23.0 Å². The molecule has 0 unspecified atom stereocenters. The van der Waals surface area contributed by atoms with Crippen LogP contribution < -0.4 is 18.9 Å². The van der Waals surface area contributed by atoms with Gasteiger partial charge in [-0.1, -0.05) is 34.5 Å². The minimum atomic E-state index is -0.879. The quantitative estimate of drug-likeness (QED) is 0.126. The predicted molar refractivity (Wildman–Crippen MR) is 147 cm³/mol. The standard InChI is InChI=1S/C29H22N6O4/c1-36-25-11-19-17-7-5-15(32-34-30)9-21(17)29(23(19)13-27(25)38-3)22-10-16(33-35-31)6-8-18(22)20-12-26(37-2)28(39-4)14-24(20)29/h5-14H,1-4H3. The highest BCUT2D eigenvalue weighted by atomic mass is 16.5. The Labute approximate surface area is 223 Å². The summed E-state index contributed by atoms with van der Waals surface area (Å²) in [5, 5.41) is 7.82. The van der Waals surface area contributed by atoms with Crippen LogP contribution in [0.1, 0.15) is 22.3 Å². The molecule has 4 aromatic rings. The summed E-state index contributed by atoms with van der Waals surface area (Å²) in [7, 11) is 6.40.